The Morgan fingerprint density at radius 2 is 1.33 bits per heavy atom. The third kappa shape index (κ3) is 5.69. The molecule has 162 valence electrons. The number of hydrogen-bond donors (Lipinski definition) is 2. The third-order valence-corrected chi connectivity index (χ3v) is 4.20. The Labute approximate surface area is 175 Å². The van der Waals surface area contributed by atoms with E-state index in [4.69, 9.17) is 23.7 Å². The van der Waals surface area contributed by atoms with Gasteiger partial charge in [-0.1, -0.05) is 0 Å². The van der Waals surface area contributed by atoms with Crippen LogP contribution in [0.5, 0.6) is 28.7 Å². The van der Waals surface area contributed by atoms with Crippen LogP contribution in [0.15, 0.2) is 30.3 Å². The molecule has 2 N–H and O–H groups in total. The van der Waals surface area contributed by atoms with E-state index >= 15 is 0 Å². The zero-order valence-electron chi connectivity index (χ0n) is 17.7. The molecule has 0 spiro atoms. The first kappa shape index (κ1) is 22.7. The van der Waals surface area contributed by atoms with Gasteiger partial charge in [0.15, 0.2) is 11.5 Å². The topological polar surface area (TPSA) is 104 Å². The van der Waals surface area contributed by atoms with Crippen LogP contribution < -0.4 is 34.3 Å². The number of benzene rings is 2. The molecule has 2 aromatic rings. The first-order valence-corrected chi connectivity index (χ1v) is 9.06. The quantitative estimate of drug-likeness (QED) is 0.611. The van der Waals surface area contributed by atoms with Crippen LogP contribution in [0.4, 0.5) is 5.69 Å². The lowest BCUT2D eigenvalue weighted by Crippen LogP contribution is -2.27. The standard InChI is InChI=1S/C21H26N2O7/c1-26-15-8-13(9-16(12-15)27-2)21(25)22-7-6-19(24)23-14-10-17(28-3)20(30-5)18(11-14)29-4/h8-12H,6-7H2,1-5H3,(H,22,25)(H,23,24). The van der Waals surface area contributed by atoms with Gasteiger partial charge in [0.05, 0.1) is 35.5 Å². The lowest BCUT2D eigenvalue weighted by Gasteiger charge is -2.14. The molecule has 0 unspecified atom stereocenters. The summed E-state index contributed by atoms with van der Waals surface area (Å²) in [6, 6.07) is 8.10. The van der Waals surface area contributed by atoms with Crippen molar-refractivity contribution in [1.29, 1.82) is 0 Å². The number of nitrogens with one attached hydrogen (secondary N) is 2. The zero-order valence-corrected chi connectivity index (χ0v) is 17.7. The molecule has 0 radical (unpaired) electrons. The molecule has 0 bridgehead atoms. The number of rotatable bonds is 10. The summed E-state index contributed by atoms with van der Waals surface area (Å²) in [4.78, 5) is 24.6. The maximum absolute atomic E-state index is 12.4. The molecule has 9 heteroatoms. The summed E-state index contributed by atoms with van der Waals surface area (Å²) in [6.07, 6.45) is 0.0729. The fourth-order valence-electron chi connectivity index (χ4n) is 2.71. The molecule has 0 aromatic heterocycles. The van der Waals surface area contributed by atoms with Crippen molar-refractivity contribution in [3.63, 3.8) is 0 Å². The molecule has 0 aliphatic carbocycles. The van der Waals surface area contributed by atoms with Gasteiger partial charge >= 0.3 is 0 Å². The van der Waals surface area contributed by atoms with Gasteiger partial charge in [0.25, 0.3) is 5.91 Å². The van der Waals surface area contributed by atoms with Gasteiger partial charge in [-0.25, -0.2) is 0 Å². The average molecular weight is 418 g/mol. The maximum Gasteiger partial charge on any atom is 0.251 e. The van der Waals surface area contributed by atoms with E-state index < -0.39 is 0 Å². The number of ether oxygens (including phenoxy) is 5. The summed E-state index contributed by atoms with van der Waals surface area (Å²) < 4.78 is 26.1. The van der Waals surface area contributed by atoms with E-state index in [1.54, 1.807) is 30.3 Å². The van der Waals surface area contributed by atoms with Gasteiger partial charge in [0, 0.05) is 42.4 Å². The second-order valence-electron chi connectivity index (χ2n) is 6.07. The fourth-order valence-corrected chi connectivity index (χ4v) is 2.71. The van der Waals surface area contributed by atoms with Crippen molar-refractivity contribution >= 4 is 17.5 Å². The lowest BCUT2D eigenvalue weighted by molar-refractivity contribution is -0.116. The second kappa shape index (κ2) is 10.8. The summed E-state index contributed by atoms with van der Waals surface area (Å²) in [6.45, 7) is 0.147. The SMILES string of the molecule is COc1cc(OC)cc(C(=O)NCCC(=O)Nc2cc(OC)c(OC)c(OC)c2)c1. The number of hydrogen-bond acceptors (Lipinski definition) is 7. The van der Waals surface area contributed by atoms with Gasteiger partial charge < -0.3 is 34.3 Å². The Bertz CT molecular complexity index is 852. The predicted octanol–water partition coefficient (Wildman–Crippen LogP) is 2.49. The Balaban J connectivity index is 1.96. The van der Waals surface area contributed by atoms with E-state index in [1.807, 2.05) is 0 Å². The summed E-state index contributed by atoms with van der Waals surface area (Å²) in [5.41, 5.74) is 0.856. The number of anilines is 1. The summed E-state index contributed by atoms with van der Waals surface area (Å²) in [7, 11) is 7.49. The van der Waals surface area contributed by atoms with Crippen molar-refractivity contribution in [2.24, 2.45) is 0 Å². The molecule has 2 amide bonds. The molecule has 30 heavy (non-hydrogen) atoms. The van der Waals surface area contributed by atoms with Crippen molar-refractivity contribution < 1.29 is 33.3 Å². The van der Waals surface area contributed by atoms with E-state index in [0.717, 1.165) is 0 Å². The van der Waals surface area contributed by atoms with Crippen molar-refractivity contribution in [3.8, 4) is 28.7 Å². The highest BCUT2D eigenvalue weighted by atomic mass is 16.5. The maximum atomic E-state index is 12.4. The van der Waals surface area contributed by atoms with E-state index in [2.05, 4.69) is 10.6 Å². The monoisotopic (exact) mass is 418 g/mol. The highest BCUT2D eigenvalue weighted by Crippen LogP contribution is 2.39. The van der Waals surface area contributed by atoms with Crippen molar-refractivity contribution in [1.82, 2.24) is 5.32 Å². The fraction of sp³-hybridized carbons (Fsp3) is 0.333. The Hall–Kier alpha value is -3.62. The highest BCUT2D eigenvalue weighted by Gasteiger charge is 2.15. The van der Waals surface area contributed by atoms with Crippen LogP contribution in [0.1, 0.15) is 16.8 Å². The molecular weight excluding hydrogens is 392 g/mol. The Morgan fingerprint density at radius 1 is 0.767 bits per heavy atom. The largest absolute Gasteiger partial charge is 0.497 e. The van der Waals surface area contributed by atoms with Crippen molar-refractivity contribution in [2.45, 2.75) is 6.42 Å². The van der Waals surface area contributed by atoms with Gasteiger partial charge in [0.1, 0.15) is 11.5 Å². The highest BCUT2D eigenvalue weighted by molar-refractivity contribution is 5.96. The van der Waals surface area contributed by atoms with Crippen LogP contribution in [0.2, 0.25) is 0 Å². The molecule has 0 atom stereocenters. The van der Waals surface area contributed by atoms with Crippen molar-refractivity contribution in [2.75, 3.05) is 47.4 Å². The van der Waals surface area contributed by atoms with Gasteiger partial charge in [-0.2, -0.15) is 0 Å². The molecule has 2 rings (SSSR count). The minimum Gasteiger partial charge on any atom is -0.497 e. The summed E-state index contributed by atoms with van der Waals surface area (Å²) in [5, 5.41) is 5.45. The first-order valence-electron chi connectivity index (χ1n) is 9.06. The molecule has 0 saturated carbocycles. The van der Waals surface area contributed by atoms with E-state index in [1.165, 1.54) is 35.5 Å². The minimum atomic E-state index is -0.340. The first-order chi connectivity index (χ1) is 14.4. The number of amides is 2. The Kier molecular flexibility index (Phi) is 8.16. The number of carbonyl (C=O) groups is 2. The molecule has 0 saturated heterocycles. The van der Waals surface area contributed by atoms with Crippen LogP contribution in [-0.2, 0) is 4.79 Å². The molecule has 9 nitrogen and oxygen atoms in total. The van der Waals surface area contributed by atoms with E-state index in [0.29, 0.717) is 40.0 Å². The number of carbonyl (C=O) groups excluding carboxylic acids is 2. The second-order valence-corrected chi connectivity index (χ2v) is 6.07. The van der Waals surface area contributed by atoms with Crippen molar-refractivity contribution in [3.05, 3.63) is 35.9 Å². The van der Waals surface area contributed by atoms with Gasteiger partial charge in [-0.3, -0.25) is 9.59 Å². The number of methoxy groups -OCH3 is 5. The Morgan fingerprint density at radius 3 is 1.80 bits per heavy atom. The minimum absolute atomic E-state index is 0.0729. The predicted molar refractivity (Wildman–Crippen MR) is 111 cm³/mol. The van der Waals surface area contributed by atoms with Gasteiger partial charge in [-0.05, 0) is 12.1 Å². The molecule has 2 aromatic carbocycles. The van der Waals surface area contributed by atoms with Gasteiger partial charge in [-0.15, -0.1) is 0 Å². The van der Waals surface area contributed by atoms with Gasteiger partial charge in [0.2, 0.25) is 11.7 Å². The van der Waals surface area contributed by atoms with Crippen LogP contribution in [0.3, 0.4) is 0 Å². The average Bonchev–Trinajstić information content (AvgIpc) is 2.77. The van der Waals surface area contributed by atoms with Crippen LogP contribution in [0.25, 0.3) is 0 Å². The van der Waals surface area contributed by atoms with Crippen LogP contribution >= 0.6 is 0 Å². The summed E-state index contributed by atoms with van der Waals surface area (Å²) >= 11 is 0. The molecule has 0 fully saturated rings. The van der Waals surface area contributed by atoms with E-state index in [-0.39, 0.29) is 24.8 Å². The molecule has 0 aliphatic heterocycles. The van der Waals surface area contributed by atoms with Crippen LogP contribution in [-0.4, -0.2) is 53.9 Å². The molecule has 0 aliphatic rings. The van der Waals surface area contributed by atoms with Crippen LogP contribution in [0, 0.1) is 0 Å². The van der Waals surface area contributed by atoms with E-state index in [9.17, 15) is 9.59 Å². The zero-order chi connectivity index (χ0) is 22.1. The lowest BCUT2D eigenvalue weighted by atomic mass is 10.2. The smallest absolute Gasteiger partial charge is 0.251 e. The molecule has 0 heterocycles. The normalized spacial score (nSPS) is 10.0. The third-order valence-electron chi connectivity index (χ3n) is 4.20. The summed E-state index contributed by atoms with van der Waals surface area (Å²) in [5.74, 6) is 1.65. The molecular formula is C21H26N2O7.